The van der Waals surface area contributed by atoms with E-state index in [1.54, 1.807) is 19.2 Å². The second-order valence-electron chi connectivity index (χ2n) is 5.78. The first-order chi connectivity index (χ1) is 10.5. The molecule has 1 aromatic rings. The second kappa shape index (κ2) is 7.53. The number of halogens is 2. The minimum atomic E-state index is -0.733. The molecule has 122 valence electrons. The van der Waals surface area contributed by atoms with Crippen LogP contribution in [0.5, 0.6) is 0 Å². The van der Waals surface area contributed by atoms with E-state index in [2.05, 4.69) is 26.6 Å². The van der Waals surface area contributed by atoms with Crippen molar-refractivity contribution < 1.29 is 13.9 Å². The van der Waals surface area contributed by atoms with Crippen LogP contribution in [0.2, 0.25) is 0 Å². The molecule has 1 amide bonds. The number of benzene rings is 1. The Morgan fingerprint density at radius 2 is 2.18 bits per heavy atom. The number of carbonyl (C=O) groups is 1. The summed E-state index contributed by atoms with van der Waals surface area (Å²) in [5.41, 5.74) is 0.237. The molecule has 2 rings (SSSR count). The molecular formula is C16H22BrFN2O2. The first-order valence-electron chi connectivity index (χ1n) is 7.47. The van der Waals surface area contributed by atoms with Gasteiger partial charge in [-0.25, -0.2) is 4.39 Å². The van der Waals surface area contributed by atoms with Crippen molar-refractivity contribution in [2.24, 2.45) is 0 Å². The van der Waals surface area contributed by atoms with Crippen LogP contribution < -0.4 is 10.6 Å². The van der Waals surface area contributed by atoms with Crippen LogP contribution in [0, 0.1) is 5.82 Å². The van der Waals surface area contributed by atoms with Crippen LogP contribution in [-0.2, 0) is 16.0 Å². The number of hydrogen-bond donors (Lipinski definition) is 2. The van der Waals surface area contributed by atoms with Gasteiger partial charge >= 0.3 is 0 Å². The van der Waals surface area contributed by atoms with E-state index >= 15 is 0 Å². The average Bonchev–Trinajstić information content (AvgIpc) is 2.51. The molecule has 1 aromatic carbocycles. The lowest BCUT2D eigenvalue weighted by atomic mass is 9.90. The molecule has 1 heterocycles. The van der Waals surface area contributed by atoms with Gasteiger partial charge in [0.1, 0.15) is 11.4 Å². The number of nitrogens with one attached hydrogen (secondary N) is 2. The zero-order valence-corrected chi connectivity index (χ0v) is 14.5. The van der Waals surface area contributed by atoms with Crippen molar-refractivity contribution in [2.75, 3.05) is 20.2 Å². The van der Waals surface area contributed by atoms with Gasteiger partial charge < -0.3 is 15.4 Å². The Hall–Kier alpha value is -0.980. The smallest absolute Gasteiger partial charge is 0.252 e. The van der Waals surface area contributed by atoms with Crippen molar-refractivity contribution >= 4 is 21.8 Å². The zero-order valence-electron chi connectivity index (χ0n) is 12.9. The van der Waals surface area contributed by atoms with E-state index in [1.807, 2.05) is 6.92 Å². The lowest BCUT2D eigenvalue weighted by Gasteiger charge is -2.35. The van der Waals surface area contributed by atoms with Crippen molar-refractivity contribution in [1.82, 2.24) is 10.6 Å². The highest BCUT2D eigenvalue weighted by Gasteiger charge is 2.39. The largest absolute Gasteiger partial charge is 0.368 e. The van der Waals surface area contributed by atoms with Gasteiger partial charge in [0, 0.05) is 13.2 Å². The molecule has 0 radical (unpaired) electrons. The van der Waals surface area contributed by atoms with Gasteiger partial charge in [0.05, 0.1) is 4.47 Å². The fourth-order valence-corrected chi connectivity index (χ4v) is 3.21. The lowest BCUT2D eigenvalue weighted by Crippen LogP contribution is -2.55. The van der Waals surface area contributed by atoms with Crippen molar-refractivity contribution in [3.05, 3.63) is 34.1 Å². The standard InChI is InChI=1S/C16H22BrFN2O2/c1-11(9-12-3-4-14(18)13(17)10-12)20-15(21)16(22-2)5-7-19-8-6-16/h3-4,10-11,19H,5-9H2,1-2H3,(H,20,21). The van der Waals surface area contributed by atoms with Crippen LogP contribution in [0.25, 0.3) is 0 Å². The van der Waals surface area contributed by atoms with Gasteiger partial charge in [-0.15, -0.1) is 0 Å². The maximum absolute atomic E-state index is 13.2. The van der Waals surface area contributed by atoms with E-state index in [-0.39, 0.29) is 17.8 Å². The Kier molecular flexibility index (Phi) is 5.94. The summed E-state index contributed by atoms with van der Waals surface area (Å²) in [5.74, 6) is -0.348. The number of carbonyl (C=O) groups excluding carboxylic acids is 1. The molecule has 1 saturated heterocycles. The third-order valence-electron chi connectivity index (χ3n) is 4.12. The summed E-state index contributed by atoms with van der Waals surface area (Å²) >= 11 is 3.18. The van der Waals surface area contributed by atoms with Gasteiger partial charge in [0.15, 0.2) is 0 Å². The fourth-order valence-electron chi connectivity index (χ4n) is 2.78. The molecule has 0 aliphatic carbocycles. The third-order valence-corrected chi connectivity index (χ3v) is 4.73. The molecular weight excluding hydrogens is 351 g/mol. The van der Waals surface area contributed by atoms with Crippen molar-refractivity contribution in [2.45, 2.75) is 37.8 Å². The summed E-state index contributed by atoms with van der Waals surface area (Å²) in [6.07, 6.45) is 1.98. The van der Waals surface area contributed by atoms with Crippen LogP contribution in [-0.4, -0.2) is 37.7 Å². The average molecular weight is 373 g/mol. The number of rotatable bonds is 5. The van der Waals surface area contributed by atoms with Gasteiger partial charge in [-0.2, -0.15) is 0 Å². The van der Waals surface area contributed by atoms with Gasteiger partial charge in [0.2, 0.25) is 0 Å². The Labute approximate surface area is 138 Å². The van der Waals surface area contributed by atoms with Crippen molar-refractivity contribution in [1.29, 1.82) is 0 Å². The predicted octanol–water partition coefficient (Wildman–Crippen LogP) is 2.40. The molecule has 0 bridgehead atoms. The highest BCUT2D eigenvalue weighted by Crippen LogP contribution is 2.23. The maximum Gasteiger partial charge on any atom is 0.252 e. The molecule has 6 heteroatoms. The van der Waals surface area contributed by atoms with E-state index in [9.17, 15) is 9.18 Å². The van der Waals surface area contributed by atoms with Crippen LogP contribution >= 0.6 is 15.9 Å². The third kappa shape index (κ3) is 4.06. The molecule has 1 unspecified atom stereocenters. The number of amides is 1. The lowest BCUT2D eigenvalue weighted by molar-refractivity contribution is -0.147. The van der Waals surface area contributed by atoms with E-state index in [0.29, 0.717) is 23.7 Å². The Morgan fingerprint density at radius 3 is 2.77 bits per heavy atom. The summed E-state index contributed by atoms with van der Waals surface area (Å²) < 4.78 is 19.2. The number of ether oxygens (including phenoxy) is 1. The first-order valence-corrected chi connectivity index (χ1v) is 8.27. The van der Waals surface area contributed by atoms with Gasteiger partial charge in [-0.1, -0.05) is 6.07 Å². The second-order valence-corrected chi connectivity index (χ2v) is 6.63. The van der Waals surface area contributed by atoms with Gasteiger partial charge in [-0.3, -0.25) is 4.79 Å². The summed E-state index contributed by atoms with van der Waals surface area (Å²) in [5, 5.41) is 6.26. The van der Waals surface area contributed by atoms with E-state index in [1.165, 1.54) is 6.07 Å². The topological polar surface area (TPSA) is 50.4 Å². The highest BCUT2D eigenvalue weighted by atomic mass is 79.9. The van der Waals surface area contributed by atoms with Gasteiger partial charge in [-0.05, 0) is 72.9 Å². The molecule has 1 aliphatic heterocycles. The molecule has 1 fully saturated rings. The summed E-state index contributed by atoms with van der Waals surface area (Å²) in [6.45, 7) is 3.50. The summed E-state index contributed by atoms with van der Waals surface area (Å²) in [6, 6.07) is 4.86. The Balaban J connectivity index is 1.96. The molecule has 2 N–H and O–H groups in total. The molecule has 1 aliphatic rings. The molecule has 4 nitrogen and oxygen atoms in total. The normalized spacial score (nSPS) is 18.7. The molecule has 0 spiro atoms. The van der Waals surface area contributed by atoms with E-state index in [0.717, 1.165) is 18.7 Å². The van der Waals surface area contributed by atoms with Gasteiger partial charge in [0.25, 0.3) is 5.91 Å². The summed E-state index contributed by atoms with van der Waals surface area (Å²) in [4.78, 5) is 12.5. The monoisotopic (exact) mass is 372 g/mol. The number of hydrogen-bond acceptors (Lipinski definition) is 3. The SMILES string of the molecule is COC1(C(=O)NC(C)Cc2ccc(F)c(Br)c2)CCNCC1. The van der Waals surface area contributed by atoms with Crippen molar-refractivity contribution in [3.8, 4) is 0 Å². The number of methoxy groups -OCH3 is 1. The molecule has 1 atom stereocenters. The van der Waals surface area contributed by atoms with Crippen LogP contribution in [0.15, 0.2) is 22.7 Å². The van der Waals surface area contributed by atoms with E-state index in [4.69, 9.17) is 4.74 Å². The Bertz CT molecular complexity index is 533. The molecule has 0 aromatic heterocycles. The van der Waals surface area contributed by atoms with Crippen LogP contribution in [0.3, 0.4) is 0 Å². The number of piperidine rings is 1. The quantitative estimate of drug-likeness (QED) is 0.834. The molecule has 22 heavy (non-hydrogen) atoms. The zero-order chi connectivity index (χ0) is 16.2. The fraction of sp³-hybridized carbons (Fsp3) is 0.562. The maximum atomic E-state index is 13.2. The van der Waals surface area contributed by atoms with Crippen molar-refractivity contribution in [3.63, 3.8) is 0 Å². The molecule has 0 saturated carbocycles. The Morgan fingerprint density at radius 1 is 1.50 bits per heavy atom. The van der Waals surface area contributed by atoms with E-state index < -0.39 is 5.60 Å². The minimum absolute atomic E-state index is 0.0493. The summed E-state index contributed by atoms with van der Waals surface area (Å²) in [7, 11) is 1.59. The highest BCUT2D eigenvalue weighted by molar-refractivity contribution is 9.10. The first kappa shape index (κ1) is 17.4. The van der Waals surface area contributed by atoms with Crippen LogP contribution in [0.1, 0.15) is 25.3 Å². The predicted molar refractivity (Wildman–Crippen MR) is 87.3 cm³/mol. The van der Waals surface area contributed by atoms with Crippen LogP contribution in [0.4, 0.5) is 4.39 Å². The minimum Gasteiger partial charge on any atom is -0.368 e.